The van der Waals surface area contributed by atoms with Crippen molar-refractivity contribution in [1.29, 1.82) is 0 Å². The zero-order valence-electron chi connectivity index (χ0n) is 2.83. The van der Waals surface area contributed by atoms with Crippen LogP contribution in [0.5, 0.6) is 0 Å². The van der Waals surface area contributed by atoms with Crippen molar-refractivity contribution in [3.8, 4) is 0 Å². The molecule has 43 valence electrons. The third-order valence-corrected chi connectivity index (χ3v) is 1.00. The predicted molar refractivity (Wildman–Crippen MR) is 17.8 cm³/mol. The summed E-state index contributed by atoms with van der Waals surface area (Å²) < 4.78 is 36.3. The van der Waals surface area contributed by atoms with E-state index in [-0.39, 0.29) is 17.1 Å². The molecule has 0 saturated carbocycles. The van der Waals surface area contributed by atoms with Crippen LogP contribution in [0, 0.1) is 0 Å². The van der Waals surface area contributed by atoms with Crippen molar-refractivity contribution in [2.75, 3.05) is 0 Å². The molecule has 0 spiro atoms. The molecule has 0 aromatic rings. The average molecular weight is 183 g/mol. The maximum atomic E-state index is 9.09. The molecular formula is MnO4S2. The second-order valence-corrected chi connectivity index (χ2v) is 2.86. The first-order valence-corrected chi connectivity index (χ1v) is 3.50. The molecule has 0 bridgehead atoms. The van der Waals surface area contributed by atoms with Crippen molar-refractivity contribution >= 4 is 20.2 Å². The summed E-state index contributed by atoms with van der Waals surface area (Å²) in [5, 5.41) is 0. The van der Waals surface area contributed by atoms with E-state index < -0.39 is 20.2 Å². The Balaban J connectivity index is 0. The third-order valence-electron chi connectivity index (χ3n) is 0.111. The Kier molecular flexibility index (Phi) is 7.45. The molecule has 0 aliphatic carbocycles. The topological polar surface area (TPSA) is 80.3 Å². The molecule has 0 heterocycles. The van der Waals surface area contributed by atoms with E-state index >= 15 is 0 Å². The van der Waals surface area contributed by atoms with E-state index in [1.165, 1.54) is 0 Å². The molecule has 0 N–H and O–H groups in total. The van der Waals surface area contributed by atoms with Crippen molar-refractivity contribution in [2.45, 2.75) is 0 Å². The fraction of sp³-hybridized carbons (Fsp3) is 0. The Hall–Kier alpha value is 0.739. The Morgan fingerprint density at radius 3 is 1.14 bits per heavy atom. The van der Waals surface area contributed by atoms with E-state index in [1.54, 1.807) is 0 Å². The molecule has 0 aromatic carbocycles. The van der Waals surface area contributed by atoms with Gasteiger partial charge in [-0.05, 0) is 0 Å². The number of hydrogen-bond acceptors (Lipinski definition) is 4. The van der Waals surface area contributed by atoms with Gasteiger partial charge in [-0.3, -0.25) is 8.42 Å². The van der Waals surface area contributed by atoms with E-state index in [2.05, 4.69) is 0 Å². The maximum Gasteiger partial charge on any atom is 2.00 e. The summed E-state index contributed by atoms with van der Waals surface area (Å²) in [5.74, 6) is 0. The number of rotatable bonds is 1. The largest absolute Gasteiger partial charge is 2.00 e. The quantitative estimate of drug-likeness (QED) is 0.286. The van der Waals surface area contributed by atoms with E-state index in [1.807, 2.05) is 0 Å². The van der Waals surface area contributed by atoms with Gasteiger partial charge >= 0.3 is 17.1 Å². The first kappa shape index (κ1) is 10.7. The molecule has 0 amide bonds. The van der Waals surface area contributed by atoms with E-state index in [0.717, 1.165) is 0 Å². The Morgan fingerprint density at radius 1 is 1.00 bits per heavy atom. The van der Waals surface area contributed by atoms with Gasteiger partial charge in [-0.2, -0.15) is 0 Å². The third kappa shape index (κ3) is 6.74. The summed E-state index contributed by atoms with van der Waals surface area (Å²) in [4.78, 5) is 0. The molecular weight excluding hydrogens is 183 g/mol. The van der Waals surface area contributed by atoms with Crippen molar-refractivity contribution in [1.82, 2.24) is 0 Å². The molecule has 2 atom stereocenters. The van der Waals surface area contributed by atoms with Crippen molar-refractivity contribution in [2.24, 2.45) is 0 Å². The Labute approximate surface area is 55.1 Å². The molecule has 7 heavy (non-hydrogen) atoms. The van der Waals surface area contributed by atoms with Crippen molar-refractivity contribution < 1.29 is 34.6 Å². The Bertz CT molecular complexity index is 75.7. The molecule has 0 aromatic heterocycles. The normalized spacial score (nSPS) is 16.9. The van der Waals surface area contributed by atoms with Gasteiger partial charge in [0.15, 0.2) is 0 Å². The van der Waals surface area contributed by atoms with Crippen molar-refractivity contribution in [3.05, 3.63) is 0 Å². The average Bonchev–Trinajstić information content (AvgIpc) is 1.36. The molecule has 0 aliphatic heterocycles. The maximum absolute atomic E-state index is 9.09. The van der Waals surface area contributed by atoms with Gasteiger partial charge in [0.1, 0.15) is 0 Å². The zero-order chi connectivity index (χ0) is 5.15. The van der Waals surface area contributed by atoms with Gasteiger partial charge in [0.25, 0.3) is 0 Å². The van der Waals surface area contributed by atoms with E-state index in [4.69, 9.17) is 17.5 Å². The molecule has 7 heteroatoms. The van der Waals surface area contributed by atoms with Crippen LogP contribution < -0.4 is 0 Å². The molecule has 0 saturated heterocycles. The van der Waals surface area contributed by atoms with Crippen LogP contribution in [0.3, 0.4) is 0 Å². The van der Waals surface area contributed by atoms with Crippen LogP contribution >= 0.6 is 0 Å². The summed E-state index contributed by atoms with van der Waals surface area (Å²) in [6, 6.07) is 0. The van der Waals surface area contributed by atoms with Crippen LogP contribution in [0.2, 0.25) is 0 Å². The standard InChI is InChI=1S/Mn.H2O4S2/c;1-5(2)6(3)4/h;(H,1,2)(H,3,4)/q+2;/p-2. The SMILES string of the molecule is O=S([O-])S(=O)[O-].[Mn+2]. The summed E-state index contributed by atoms with van der Waals surface area (Å²) >= 11 is 0. The van der Waals surface area contributed by atoms with Crippen LogP contribution in [-0.2, 0) is 37.3 Å². The first-order chi connectivity index (χ1) is 2.64. The van der Waals surface area contributed by atoms with Gasteiger partial charge in [-0.15, -0.1) is 0 Å². The summed E-state index contributed by atoms with van der Waals surface area (Å²) in [6.45, 7) is 0. The van der Waals surface area contributed by atoms with E-state index in [9.17, 15) is 0 Å². The predicted octanol–water partition coefficient (Wildman–Crippen LogP) is -1.34. The zero-order valence-corrected chi connectivity index (χ0v) is 5.64. The van der Waals surface area contributed by atoms with Crippen LogP contribution in [-0.4, -0.2) is 17.5 Å². The minimum absolute atomic E-state index is 0. The van der Waals surface area contributed by atoms with Gasteiger partial charge in [-0.25, -0.2) is 0 Å². The summed E-state index contributed by atoms with van der Waals surface area (Å²) in [7, 11) is -5.90. The second kappa shape index (κ2) is 4.89. The molecule has 2 unspecified atom stereocenters. The van der Waals surface area contributed by atoms with Gasteiger partial charge in [0.05, 0.1) is 0 Å². The molecule has 0 fully saturated rings. The fourth-order valence-corrected chi connectivity index (χ4v) is 0. The second-order valence-electron chi connectivity index (χ2n) is 0.408. The minimum Gasteiger partial charge on any atom is -0.763 e. The van der Waals surface area contributed by atoms with Crippen LogP contribution in [0.4, 0.5) is 0 Å². The monoisotopic (exact) mass is 183 g/mol. The summed E-state index contributed by atoms with van der Waals surface area (Å²) in [6.07, 6.45) is 0. The van der Waals surface area contributed by atoms with Crippen LogP contribution in [0.1, 0.15) is 0 Å². The molecule has 0 rings (SSSR count). The number of hydrogen-bond donors (Lipinski definition) is 0. The van der Waals surface area contributed by atoms with Gasteiger partial charge in [0.2, 0.25) is 0 Å². The van der Waals surface area contributed by atoms with Gasteiger partial charge < -0.3 is 9.11 Å². The van der Waals surface area contributed by atoms with Gasteiger partial charge in [0, 0.05) is 20.2 Å². The minimum atomic E-state index is -2.95. The van der Waals surface area contributed by atoms with Gasteiger partial charge in [-0.1, -0.05) is 0 Å². The fourth-order valence-electron chi connectivity index (χ4n) is 0. The first-order valence-electron chi connectivity index (χ1n) is 0.833. The summed E-state index contributed by atoms with van der Waals surface area (Å²) in [5.41, 5.74) is 0. The smallest absolute Gasteiger partial charge is 0.763 e. The van der Waals surface area contributed by atoms with Crippen LogP contribution in [0.25, 0.3) is 0 Å². The van der Waals surface area contributed by atoms with E-state index in [0.29, 0.717) is 0 Å². The Morgan fingerprint density at radius 2 is 1.14 bits per heavy atom. The van der Waals surface area contributed by atoms with Crippen LogP contribution in [0.15, 0.2) is 0 Å². The molecule has 4 nitrogen and oxygen atoms in total. The van der Waals surface area contributed by atoms with Crippen molar-refractivity contribution in [3.63, 3.8) is 0 Å². The molecule has 0 aliphatic rings. The molecule has 1 radical (unpaired) electrons.